The molecule has 30 heavy (non-hydrogen) atoms. The fourth-order valence-electron chi connectivity index (χ4n) is 4.55. The molecule has 0 amide bonds. The number of hydrogen-bond acceptors (Lipinski definition) is 1. The minimum Gasteiger partial charge on any atom is -0.377 e. The molecule has 1 heteroatoms. The second kappa shape index (κ2) is 12.5. The summed E-state index contributed by atoms with van der Waals surface area (Å²) in [5, 5.41) is 0. The summed E-state index contributed by atoms with van der Waals surface area (Å²) in [4.78, 5) is 0. The van der Waals surface area contributed by atoms with Crippen molar-refractivity contribution in [2.45, 2.75) is 70.8 Å². The zero-order valence-electron chi connectivity index (χ0n) is 18.7. The predicted octanol–water partition coefficient (Wildman–Crippen LogP) is 8.11. The minimum absolute atomic E-state index is 0.722. The van der Waals surface area contributed by atoms with Crippen LogP contribution in [0.3, 0.4) is 0 Å². The Hall–Kier alpha value is -2.12. The van der Waals surface area contributed by atoms with Crippen molar-refractivity contribution in [1.82, 2.24) is 0 Å². The average molecular weight is 403 g/mol. The average Bonchev–Trinajstić information content (AvgIpc) is 2.79. The lowest BCUT2D eigenvalue weighted by Gasteiger charge is -2.29. The molecule has 1 nitrogen and oxygen atoms in total. The minimum atomic E-state index is 0.722. The van der Waals surface area contributed by atoms with Gasteiger partial charge in [-0.25, -0.2) is 0 Å². The van der Waals surface area contributed by atoms with Crippen LogP contribution >= 0.6 is 0 Å². The lowest BCUT2D eigenvalue weighted by atomic mass is 9.77. The van der Waals surface area contributed by atoms with Crippen molar-refractivity contribution in [3.05, 3.63) is 89.5 Å². The highest BCUT2D eigenvalue weighted by atomic mass is 16.5. The summed E-state index contributed by atoms with van der Waals surface area (Å²) in [5.74, 6) is 1.63. The molecule has 0 aromatic heterocycles. The first-order chi connectivity index (χ1) is 14.8. The molecule has 1 aliphatic carbocycles. The van der Waals surface area contributed by atoms with E-state index >= 15 is 0 Å². The smallest absolute Gasteiger partial charge is 0.0716 e. The van der Waals surface area contributed by atoms with Gasteiger partial charge in [0.25, 0.3) is 0 Å². The molecule has 3 rings (SSSR count). The standard InChI is InChI=1S/C29H38O/c1-3-5-6-22-30-23-27-16-20-29(21-17-27)28-18-14-26(15-19-28)13-12-25-10-8-24(7-4-2)9-11-25/h3-4,7-11,16-17,20-21,26,28H,1,5-6,12-15,18-19,22-23H2,2H3/t26-,28-. The Morgan fingerprint density at radius 2 is 1.63 bits per heavy atom. The Balaban J connectivity index is 1.38. The molecule has 0 radical (unpaired) electrons. The molecule has 160 valence electrons. The summed E-state index contributed by atoms with van der Waals surface area (Å²) in [6.45, 7) is 7.36. The fourth-order valence-corrected chi connectivity index (χ4v) is 4.55. The Morgan fingerprint density at radius 3 is 2.30 bits per heavy atom. The van der Waals surface area contributed by atoms with E-state index < -0.39 is 0 Å². The first-order valence-corrected chi connectivity index (χ1v) is 11.8. The Kier molecular flexibility index (Phi) is 9.44. The maximum absolute atomic E-state index is 5.75. The van der Waals surface area contributed by atoms with Crippen LogP contribution in [0.2, 0.25) is 0 Å². The lowest BCUT2D eigenvalue weighted by molar-refractivity contribution is 0.119. The van der Waals surface area contributed by atoms with E-state index in [1.54, 1.807) is 0 Å². The van der Waals surface area contributed by atoms with Crippen LogP contribution in [0.25, 0.3) is 6.08 Å². The first kappa shape index (κ1) is 22.6. The van der Waals surface area contributed by atoms with E-state index in [2.05, 4.69) is 74.2 Å². The number of allylic oxidation sites excluding steroid dienone is 2. The van der Waals surface area contributed by atoms with Crippen LogP contribution in [0.15, 0.2) is 67.3 Å². The summed E-state index contributed by atoms with van der Waals surface area (Å²) in [6, 6.07) is 18.2. The molecule has 0 saturated heterocycles. The van der Waals surface area contributed by atoms with Crippen molar-refractivity contribution in [2.75, 3.05) is 6.61 Å². The van der Waals surface area contributed by atoms with Gasteiger partial charge in [-0.05, 0) is 92.4 Å². The number of hydrogen-bond donors (Lipinski definition) is 0. The third-order valence-corrected chi connectivity index (χ3v) is 6.44. The van der Waals surface area contributed by atoms with Crippen LogP contribution in [-0.2, 0) is 17.8 Å². The second-order valence-corrected chi connectivity index (χ2v) is 8.72. The first-order valence-electron chi connectivity index (χ1n) is 11.8. The largest absolute Gasteiger partial charge is 0.377 e. The molecule has 2 aromatic rings. The second-order valence-electron chi connectivity index (χ2n) is 8.72. The molecule has 1 aliphatic rings. The van der Waals surface area contributed by atoms with Crippen molar-refractivity contribution in [3.63, 3.8) is 0 Å². The molecule has 0 atom stereocenters. The van der Waals surface area contributed by atoms with Crippen molar-refractivity contribution in [1.29, 1.82) is 0 Å². The molecule has 2 aromatic carbocycles. The van der Waals surface area contributed by atoms with Crippen LogP contribution < -0.4 is 0 Å². The SMILES string of the molecule is C=CCCCOCc1ccc([C@H]2CC[C@H](CCc3ccc(C=CC)cc3)CC2)cc1. The van der Waals surface area contributed by atoms with Gasteiger partial charge in [0.2, 0.25) is 0 Å². The van der Waals surface area contributed by atoms with Crippen LogP contribution in [0.1, 0.15) is 80.0 Å². The van der Waals surface area contributed by atoms with Gasteiger partial charge in [0, 0.05) is 6.61 Å². The van der Waals surface area contributed by atoms with E-state index in [4.69, 9.17) is 4.74 Å². The molecule has 0 heterocycles. The Morgan fingerprint density at radius 1 is 0.933 bits per heavy atom. The van der Waals surface area contributed by atoms with Crippen molar-refractivity contribution in [3.8, 4) is 0 Å². The third kappa shape index (κ3) is 7.29. The van der Waals surface area contributed by atoms with Crippen LogP contribution in [0.4, 0.5) is 0 Å². The van der Waals surface area contributed by atoms with Gasteiger partial charge in [0.15, 0.2) is 0 Å². The summed E-state index contributed by atoms with van der Waals surface area (Å²) < 4.78 is 5.75. The molecule has 0 unspecified atom stereocenters. The van der Waals surface area contributed by atoms with Crippen molar-refractivity contribution in [2.24, 2.45) is 5.92 Å². The lowest BCUT2D eigenvalue weighted by Crippen LogP contribution is -2.14. The van der Waals surface area contributed by atoms with E-state index in [1.807, 2.05) is 6.08 Å². The molecule has 1 saturated carbocycles. The molecular weight excluding hydrogens is 364 g/mol. The molecule has 1 fully saturated rings. The summed E-state index contributed by atoms with van der Waals surface area (Å²) in [7, 11) is 0. The highest BCUT2D eigenvalue weighted by Gasteiger charge is 2.22. The maximum Gasteiger partial charge on any atom is 0.0716 e. The van der Waals surface area contributed by atoms with Gasteiger partial charge >= 0.3 is 0 Å². The number of unbranched alkanes of at least 4 members (excludes halogenated alkanes) is 1. The fraction of sp³-hybridized carbons (Fsp3) is 0.448. The normalized spacial score (nSPS) is 19.2. The highest BCUT2D eigenvalue weighted by Crippen LogP contribution is 2.37. The summed E-state index contributed by atoms with van der Waals surface area (Å²) in [5.41, 5.74) is 5.58. The molecule has 0 N–H and O–H groups in total. The Bertz CT molecular complexity index is 761. The van der Waals surface area contributed by atoms with Crippen LogP contribution in [-0.4, -0.2) is 6.61 Å². The molecule has 0 spiro atoms. The number of rotatable bonds is 11. The monoisotopic (exact) mass is 402 g/mol. The van der Waals surface area contributed by atoms with Crippen LogP contribution in [0, 0.1) is 5.92 Å². The number of ether oxygens (including phenoxy) is 1. The number of aryl methyl sites for hydroxylation is 1. The number of benzene rings is 2. The van der Waals surface area contributed by atoms with Gasteiger partial charge < -0.3 is 4.74 Å². The van der Waals surface area contributed by atoms with Crippen molar-refractivity contribution >= 4 is 6.08 Å². The molecular formula is C29H38O. The Labute approximate surface area is 183 Å². The van der Waals surface area contributed by atoms with Gasteiger partial charge in [-0.3, -0.25) is 0 Å². The molecule has 0 bridgehead atoms. The van der Waals surface area contributed by atoms with E-state index in [0.717, 1.165) is 37.9 Å². The summed E-state index contributed by atoms with van der Waals surface area (Å²) >= 11 is 0. The van der Waals surface area contributed by atoms with Gasteiger partial charge in [-0.2, -0.15) is 0 Å². The van der Waals surface area contributed by atoms with E-state index in [1.165, 1.54) is 60.8 Å². The van der Waals surface area contributed by atoms with Gasteiger partial charge in [0.05, 0.1) is 6.61 Å². The zero-order chi connectivity index (χ0) is 21.0. The van der Waals surface area contributed by atoms with E-state index in [-0.39, 0.29) is 0 Å². The van der Waals surface area contributed by atoms with Crippen molar-refractivity contribution < 1.29 is 4.74 Å². The highest BCUT2D eigenvalue weighted by molar-refractivity contribution is 5.49. The van der Waals surface area contributed by atoms with Gasteiger partial charge in [0.1, 0.15) is 0 Å². The molecule has 0 aliphatic heterocycles. The predicted molar refractivity (Wildman–Crippen MR) is 130 cm³/mol. The summed E-state index contributed by atoms with van der Waals surface area (Å²) in [6.07, 6.45) is 16.3. The van der Waals surface area contributed by atoms with Crippen LogP contribution in [0.5, 0.6) is 0 Å². The maximum atomic E-state index is 5.75. The topological polar surface area (TPSA) is 9.23 Å². The van der Waals surface area contributed by atoms with E-state index in [0.29, 0.717) is 0 Å². The van der Waals surface area contributed by atoms with Gasteiger partial charge in [-0.1, -0.05) is 66.8 Å². The van der Waals surface area contributed by atoms with E-state index in [9.17, 15) is 0 Å². The zero-order valence-corrected chi connectivity index (χ0v) is 18.7. The van der Waals surface area contributed by atoms with Gasteiger partial charge in [-0.15, -0.1) is 6.58 Å². The quantitative estimate of drug-likeness (QED) is 0.272. The third-order valence-electron chi connectivity index (χ3n) is 6.44.